The molecule has 0 saturated carbocycles. The zero-order valence-electron chi connectivity index (χ0n) is 18.8. The summed E-state index contributed by atoms with van der Waals surface area (Å²) < 4.78 is 12.6. The molecule has 1 aromatic carbocycles. The van der Waals surface area contributed by atoms with Crippen LogP contribution in [0.3, 0.4) is 0 Å². The second-order valence-electron chi connectivity index (χ2n) is 8.24. The molecular weight excluding hydrogens is 406 g/mol. The molecule has 0 fully saturated rings. The molecule has 1 amide bonds. The standard InChI is InChI=1S/C24H27N5O3/c1-24(2,3)20-15-22(29(28-20)21-8-5-6-12-26-21)27-23(30)9-7-13-32-18-11-10-17(16-25)14-19(18)31-4/h5-6,8,10-12,14-15H,7,9,13H2,1-4H3,(H,27,30). The Morgan fingerprint density at radius 3 is 2.66 bits per heavy atom. The predicted molar refractivity (Wildman–Crippen MR) is 121 cm³/mol. The van der Waals surface area contributed by atoms with Crippen LogP contribution in [-0.2, 0) is 10.2 Å². The van der Waals surface area contributed by atoms with Crippen LogP contribution in [0.15, 0.2) is 48.7 Å². The third-order valence-electron chi connectivity index (χ3n) is 4.71. The first-order chi connectivity index (χ1) is 15.3. The van der Waals surface area contributed by atoms with Gasteiger partial charge in [-0.15, -0.1) is 0 Å². The Balaban J connectivity index is 1.62. The van der Waals surface area contributed by atoms with Crippen LogP contribution in [0.5, 0.6) is 11.5 Å². The third kappa shape index (κ3) is 5.64. The van der Waals surface area contributed by atoms with E-state index >= 15 is 0 Å². The highest BCUT2D eigenvalue weighted by molar-refractivity contribution is 5.90. The first-order valence-corrected chi connectivity index (χ1v) is 10.3. The highest BCUT2D eigenvalue weighted by Gasteiger charge is 2.21. The van der Waals surface area contributed by atoms with Gasteiger partial charge in [0.25, 0.3) is 0 Å². The lowest BCUT2D eigenvalue weighted by Gasteiger charge is -2.13. The van der Waals surface area contributed by atoms with Gasteiger partial charge in [0, 0.05) is 30.2 Å². The number of hydrogen-bond acceptors (Lipinski definition) is 6. The summed E-state index contributed by atoms with van der Waals surface area (Å²) in [6.07, 6.45) is 2.48. The van der Waals surface area contributed by atoms with Gasteiger partial charge in [0.05, 0.1) is 31.0 Å². The van der Waals surface area contributed by atoms with Crippen LogP contribution < -0.4 is 14.8 Å². The Morgan fingerprint density at radius 1 is 1.19 bits per heavy atom. The van der Waals surface area contributed by atoms with Crippen LogP contribution in [0.2, 0.25) is 0 Å². The van der Waals surface area contributed by atoms with Gasteiger partial charge in [-0.1, -0.05) is 26.8 Å². The molecule has 32 heavy (non-hydrogen) atoms. The Morgan fingerprint density at radius 2 is 2.00 bits per heavy atom. The van der Waals surface area contributed by atoms with Gasteiger partial charge in [-0.3, -0.25) is 4.79 Å². The summed E-state index contributed by atoms with van der Waals surface area (Å²) in [5.74, 6) is 2.10. The molecular formula is C24H27N5O3. The van der Waals surface area contributed by atoms with E-state index in [9.17, 15) is 4.79 Å². The fourth-order valence-electron chi connectivity index (χ4n) is 2.97. The number of pyridine rings is 1. The van der Waals surface area contributed by atoms with Crippen molar-refractivity contribution in [3.8, 4) is 23.4 Å². The monoisotopic (exact) mass is 433 g/mol. The van der Waals surface area contributed by atoms with Gasteiger partial charge >= 0.3 is 0 Å². The van der Waals surface area contributed by atoms with E-state index in [4.69, 9.17) is 14.7 Å². The zero-order chi connectivity index (χ0) is 23.1. The molecule has 2 aromatic heterocycles. The normalized spacial score (nSPS) is 11.0. The lowest BCUT2D eigenvalue weighted by molar-refractivity contribution is -0.116. The maximum Gasteiger partial charge on any atom is 0.225 e. The lowest BCUT2D eigenvalue weighted by Crippen LogP contribution is -2.16. The molecule has 0 aliphatic carbocycles. The molecule has 166 valence electrons. The van der Waals surface area contributed by atoms with E-state index in [1.165, 1.54) is 7.11 Å². The van der Waals surface area contributed by atoms with Crippen molar-refractivity contribution in [2.45, 2.75) is 39.0 Å². The van der Waals surface area contributed by atoms with Crippen LogP contribution in [0.25, 0.3) is 5.82 Å². The number of anilines is 1. The summed E-state index contributed by atoms with van der Waals surface area (Å²) in [6, 6.07) is 14.5. The molecule has 3 aromatic rings. The molecule has 2 heterocycles. The molecule has 0 saturated heterocycles. The Bertz CT molecular complexity index is 1110. The number of carbonyl (C=O) groups is 1. The van der Waals surface area contributed by atoms with E-state index in [1.807, 2.05) is 24.3 Å². The maximum atomic E-state index is 12.6. The minimum atomic E-state index is -0.173. The molecule has 1 N–H and O–H groups in total. The second-order valence-corrected chi connectivity index (χ2v) is 8.24. The summed E-state index contributed by atoms with van der Waals surface area (Å²) in [5.41, 5.74) is 1.18. The zero-order valence-corrected chi connectivity index (χ0v) is 18.8. The fraction of sp³-hybridized carbons (Fsp3) is 0.333. The molecule has 0 radical (unpaired) electrons. The van der Waals surface area contributed by atoms with E-state index in [2.05, 4.69) is 42.2 Å². The van der Waals surface area contributed by atoms with Crippen molar-refractivity contribution in [1.29, 1.82) is 5.26 Å². The van der Waals surface area contributed by atoms with E-state index < -0.39 is 0 Å². The van der Waals surface area contributed by atoms with Gasteiger partial charge in [-0.2, -0.15) is 15.0 Å². The molecule has 0 aliphatic rings. The number of amides is 1. The predicted octanol–water partition coefficient (Wildman–Crippen LogP) is 4.24. The quantitative estimate of drug-likeness (QED) is 0.533. The minimum absolute atomic E-state index is 0.141. The number of methoxy groups -OCH3 is 1. The molecule has 0 aliphatic heterocycles. The van der Waals surface area contributed by atoms with Crippen molar-refractivity contribution in [2.75, 3.05) is 19.0 Å². The molecule has 0 atom stereocenters. The third-order valence-corrected chi connectivity index (χ3v) is 4.71. The second kappa shape index (κ2) is 9.96. The molecule has 8 nitrogen and oxygen atoms in total. The minimum Gasteiger partial charge on any atom is -0.493 e. The van der Waals surface area contributed by atoms with Crippen LogP contribution in [0.1, 0.15) is 44.9 Å². The number of rotatable bonds is 8. The number of ether oxygens (including phenoxy) is 2. The summed E-state index contributed by atoms with van der Waals surface area (Å²) in [6.45, 7) is 6.54. The Kier molecular flexibility index (Phi) is 7.11. The fourth-order valence-corrected chi connectivity index (χ4v) is 2.97. The summed E-state index contributed by atoms with van der Waals surface area (Å²) >= 11 is 0. The molecule has 0 unspecified atom stereocenters. The van der Waals surface area contributed by atoms with E-state index in [-0.39, 0.29) is 17.7 Å². The smallest absolute Gasteiger partial charge is 0.225 e. The number of hydrogen-bond donors (Lipinski definition) is 1. The van der Waals surface area contributed by atoms with Crippen LogP contribution in [-0.4, -0.2) is 34.4 Å². The van der Waals surface area contributed by atoms with Crippen molar-refractivity contribution in [3.63, 3.8) is 0 Å². The summed E-state index contributed by atoms with van der Waals surface area (Å²) in [4.78, 5) is 16.9. The molecule has 0 bridgehead atoms. The van der Waals surface area contributed by atoms with Gasteiger partial charge in [-0.25, -0.2) is 4.98 Å². The summed E-state index contributed by atoms with van der Waals surface area (Å²) in [7, 11) is 1.52. The number of nitrogens with zero attached hydrogens (tertiary/aromatic N) is 4. The first kappa shape index (κ1) is 22.8. The van der Waals surface area contributed by atoms with Crippen LogP contribution in [0, 0.1) is 11.3 Å². The largest absolute Gasteiger partial charge is 0.493 e. The topological polar surface area (TPSA) is 102 Å². The highest BCUT2D eigenvalue weighted by Crippen LogP contribution is 2.28. The number of carbonyl (C=O) groups excluding carboxylic acids is 1. The highest BCUT2D eigenvalue weighted by atomic mass is 16.5. The molecule has 3 rings (SSSR count). The Labute approximate surface area is 187 Å². The van der Waals surface area contributed by atoms with Crippen molar-refractivity contribution >= 4 is 11.7 Å². The van der Waals surface area contributed by atoms with Crippen LogP contribution in [0.4, 0.5) is 5.82 Å². The first-order valence-electron chi connectivity index (χ1n) is 10.3. The van der Waals surface area contributed by atoms with Crippen molar-refractivity contribution in [3.05, 3.63) is 59.9 Å². The van der Waals surface area contributed by atoms with Gasteiger partial charge < -0.3 is 14.8 Å². The number of nitriles is 1. The van der Waals surface area contributed by atoms with Gasteiger partial charge in [0.15, 0.2) is 17.3 Å². The number of nitrogens with one attached hydrogen (secondary N) is 1. The molecule has 8 heteroatoms. The average Bonchev–Trinajstić information content (AvgIpc) is 3.21. The van der Waals surface area contributed by atoms with Crippen LogP contribution >= 0.6 is 0 Å². The van der Waals surface area contributed by atoms with Crippen molar-refractivity contribution in [2.24, 2.45) is 0 Å². The van der Waals surface area contributed by atoms with Gasteiger partial charge in [-0.05, 0) is 30.7 Å². The number of benzene rings is 1. The van der Waals surface area contributed by atoms with Gasteiger partial charge in [0.2, 0.25) is 5.91 Å². The lowest BCUT2D eigenvalue weighted by atomic mass is 9.92. The van der Waals surface area contributed by atoms with Crippen molar-refractivity contribution < 1.29 is 14.3 Å². The van der Waals surface area contributed by atoms with Crippen molar-refractivity contribution in [1.82, 2.24) is 14.8 Å². The van der Waals surface area contributed by atoms with E-state index in [1.54, 1.807) is 29.1 Å². The summed E-state index contributed by atoms with van der Waals surface area (Å²) in [5, 5.41) is 16.6. The molecule has 0 spiro atoms. The SMILES string of the molecule is COc1cc(C#N)ccc1OCCCC(=O)Nc1cc(C(C)(C)C)nn1-c1ccccn1. The van der Waals surface area contributed by atoms with Gasteiger partial charge in [0.1, 0.15) is 5.82 Å². The Hall–Kier alpha value is -3.86. The van der Waals surface area contributed by atoms with E-state index in [0.717, 1.165) is 5.69 Å². The number of aromatic nitrogens is 3. The van der Waals surface area contributed by atoms with E-state index in [0.29, 0.717) is 41.7 Å². The maximum absolute atomic E-state index is 12.6. The average molecular weight is 434 g/mol.